The van der Waals surface area contributed by atoms with Gasteiger partial charge in [-0.05, 0) is 61.7 Å². The molecule has 3 aromatic heterocycles. The van der Waals surface area contributed by atoms with Crippen molar-refractivity contribution in [2.45, 2.75) is 56.2 Å². The van der Waals surface area contributed by atoms with Crippen LogP contribution < -0.4 is 0 Å². The van der Waals surface area contributed by atoms with Crippen molar-refractivity contribution in [1.29, 1.82) is 5.26 Å². The maximum atomic E-state index is 14.4. The molecule has 12 heteroatoms. The molecule has 1 aliphatic rings. The minimum absolute atomic E-state index is 0.232. The number of nitriles is 1. The van der Waals surface area contributed by atoms with E-state index in [1.807, 2.05) is 24.7 Å². The van der Waals surface area contributed by atoms with Gasteiger partial charge in [0.05, 0.1) is 70.6 Å². The number of carboxylic acids is 1. The minimum Gasteiger partial charge on any atom is -0.478 e. The van der Waals surface area contributed by atoms with Crippen LogP contribution in [-0.4, -0.2) is 57.9 Å². The zero-order valence-electron chi connectivity index (χ0n) is 23.7. The molecule has 0 unspecified atom stereocenters. The summed E-state index contributed by atoms with van der Waals surface area (Å²) in [5.74, 6) is 0.0173. The molecule has 1 N–H and O–H groups in total. The molecular formula is C31H31FN8O2S. The van der Waals surface area contributed by atoms with Crippen molar-refractivity contribution < 1.29 is 14.3 Å². The molecule has 10 nitrogen and oxygen atoms in total. The predicted molar refractivity (Wildman–Crippen MR) is 160 cm³/mol. The summed E-state index contributed by atoms with van der Waals surface area (Å²) in [6.07, 6.45) is 7.27. The number of likely N-dealkylation sites (tertiary alicyclic amines) is 1. The SMILES string of the molecule is CCn1cncc1Cn1c(CN2CCC(n3nccc3SCc3ccc(C#N)cc3F)CC2)nc2ccc(C(=O)O)cc21. The summed E-state index contributed by atoms with van der Waals surface area (Å²) in [5, 5.41) is 24.2. The first-order valence-corrected chi connectivity index (χ1v) is 15.2. The number of carbonyl (C=O) groups is 1. The smallest absolute Gasteiger partial charge is 0.335 e. The first-order chi connectivity index (χ1) is 20.9. The van der Waals surface area contributed by atoms with Gasteiger partial charge in [-0.1, -0.05) is 6.07 Å². The quantitative estimate of drug-likeness (QED) is 0.214. The molecule has 43 heavy (non-hydrogen) atoms. The molecule has 220 valence electrons. The van der Waals surface area contributed by atoms with E-state index in [1.165, 1.54) is 6.07 Å². The van der Waals surface area contributed by atoms with E-state index in [0.29, 0.717) is 30.0 Å². The summed E-state index contributed by atoms with van der Waals surface area (Å²) < 4.78 is 20.7. The Bertz CT molecular complexity index is 1810. The number of hydrogen-bond acceptors (Lipinski definition) is 7. The summed E-state index contributed by atoms with van der Waals surface area (Å²) in [6, 6.07) is 13.8. The lowest BCUT2D eigenvalue weighted by atomic mass is 10.1. The number of piperidine rings is 1. The lowest BCUT2D eigenvalue weighted by molar-refractivity contribution is 0.0697. The van der Waals surface area contributed by atoms with E-state index >= 15 is 0 Å². The van der Waals surface area contributed by atoms with Crippen molar-refractivity contribution in [2.75, 3.05) is 13.1 Å². The van der Waals surface area contributed by atoms with Gasteiger partial charge >= 0.3 is 5.97 Å². The van der Waals surface area contributed by atoms with Crippen LogP contribution in [0.5, 0.6) is 0 Å². The maximum absolute atomic E-state index is 14.4. The number of nitrogens with zero attached hydrogens (tertiary/aromatic N) is 8. The largest absolute Gasteiger partial charge is 0.478 e. The van der Waals surface area contributed by atoms with Crippen molar-refractivity contribution in [2.24, 2.45) is 0 Å². The van der Waals surface area contributed by atoms with Crippen LogP contribution in [0.4, 0.5) is 4.39 Å². The standard InChI is InChI=1S/C31H31FN8O2S/c1-2-38-20-34-16-25(38)17-39-28-14-22(31(41)42)5-6-27(28)36-29(39)18-37-11-8-24(9-12-37)40-30(7-10-35-40)43-19-23-4-3-21(15-33)13-26(23)32/h3-7,10,13-14,16,20,24H,2,8-9,11-12,17-19H2,1H3,(H,41,42). The number of thioether (sulfide) groups is 1. The van der Waals surface area contributed by atoms with Crippen LogP contribution in [0.25, 0.3) is 11.0 Å². The molecule has 5 aromatic rings. The van der Waals surface area contributed by atoms with Gasteiger partial charge in [0.15, 0.2) is 0 Å². The Morgan fingerprint density at radius 3 is 2.74 bits per heavy atom. The van der Waals surface area contributed by atoms with Crippen molar-refractivity contribution in [1.82, 2.24) is 33.8 Å². The third kappa shape index (κ3) is 6.04. The number of aromatic nitrogens is 6. The first kappa shape index (κ1) is 28.6. The Balaban J connectivity index is 1.15. The number of carboxylic acid groups (broad SMARTS) is 1. The number of benzene rings is 2. The van der Waals surface area contributed by atoms with E-state index in [-0.39, 0.29) is 17.4 Å². The fourth-order valence-corrected chi connectivity index (χ4v) is 6.65. The topological polar surface area (TPSA) is 118 Å². The number of hydrogen-bond donors (Lipinski definition) is 1. The van der Waals surface area contributed by atoms with E-state index < -0.39 is 5.97 Å². The molecule has 1 aliphatic heterocycles. The monoisotopic (exact) mass is 598 g/mol. The molecule has 1 saturated heterocycles. The van der Waals surface area contributed by atoms with Crippen LogP contribution in [0, 0.1) is 17.1 Å². The number of aryl methyl sites for hydroxylation is 1. The van der Waals surface area contributed by atoms with Gasteiger partial charge in [-0.2, -0.15) is 10.4 Å². The van der Waals surface area contributed by atoms with Gasteiger partial charge in [0.1, 0.15) is 11.6 Å². The average molecular weight is 599 g/mol. The number of aromatic carboxylic acids is 1. The zero-order valence-corrected chi connectivity index (χ0v) is 24.5. The van der Waals surface area contributed by atoms with Crippen molar-refractivity contribution >= 4 is 28.8 Å². The Labute approximate surface area is 252 Å². The summed E-state index contributed by atoms with van der Waals surface area (Å²) in [5.41, 5.74) is 3.72. The third-order valence-corrected chi connectivity index (χ3v) is 9.07. The number of halogens is 1. The highest BCUT2D eigenvalue weighted by molar-refractivity contribution is 7.98. The molecule has 0 radical (unpaired) electrons. The molecule has 6 rings (SSSR count). The lowest BCUT2D eigenvalue weighted by Gasteiger charge is -2.32. The summed E-state index contributed by atoms with van der Waals surface area (Å²) in [6.45, 7) is 5.77. The number of fused-ring (bicyclic) bond motifs is 1. The highest BCUT2D eigenvalue weighted by Gasteiger charge is 2.25. The van der Waals surface area contributed by atoms with Crippen LogP contribution in [0.2, 0.25) is 0 Å². The summed E-state index contributed by atoms with van der Waals surface area (Å²) in [7, 11) is 0. The van der Waals surface area contributed by atoms with Crippen molar-refractivity contribution in [3.05, 3.63) is 95.2 Å². The van der Waals surface area contributed by atoms with Gasteiger partial charge in [0.2, 0.25) is 0 Å². The van der Waals surface area contributed by atoms with Crippen LogP contribution in [0.3, 0.4) is 0 Å². The summed E-state index contributed by atoms with van der Waals surface area (Å²) >= 11 is 1.55. The number of rotatable bonds is 10. The van der Waals surface area contributed by atoms with Gasteiger partial charge in [0.25, 0.3) is 0 Å². The van der Waals surface area contributed by atoms with Crippen molar-refractivity contribution in [3.63, 3.8) is 0 Å². The summed E-state index contributed by atoms with van der Waals surface area (Å²) in [4.78, 5) is 23.3. The Morgan fingerprint density at radius 2 is 2.00 bits per heavy atom. The van der Waals surface area contributed by atoms with Crippen LogP contribution in [0.15, 0.2) is 66.2 Å². The fourth-order valence-electron chi connectivity index (χ4n) is 5.63. The van der Waals surface area contributed by atoms with Gasteiger partial charge in [-0.25, -0.2) is 19.2 Å². The van der Waals surface area contributed by atoms with Crippen LogP contribution in [-0.2, 0) is 25.4 Å². The predicted octanol–water partition coefficient (Wildman–Crippen LogP) is 5.34. The Kier molecular flexibility index (Phi) is 8.26. The van der Waals surface area contributed by atoms with Crippen LogP contribution >= 0.6 is 11.8 Å². The van der Waals surface area contributed by atoms with Crippen molar-refractivity contribution in [3.8, 4) is 6.07 Å². The number of imidazole rings is 2. The molecule has 0 spiro atoms. The van der Waals surface area contributed by atoms with Gasteiger partial charge in [0, 0.05) is 31.6 Å². The van der Waals surface area contributed by atoms with E-state index in [2.05, 4.69) is 35.7 Å². The van der Waals surface area contributed by atoms with E-state index in [1.54, 1.807) is 48.3 Å². The second-order valence-corrected chi connectivity index (χ2v) is 11.6. The molecule has 0 atom stereocenters. The van der Waals surface area contributed by atoms with E-state index in [0.717, 1.165) is 60.1 Å². The Hall–Kier alpha value is -4.47. The molecule has 0 aliphatic carbocycles. The maximum Gasteiger partial charge on any atom is 0.335 e. The van der Waals surface area contributed by atoms with Gasteiger partial charge in [-0.3, -0.25) is 9.58 Å². The van der Waals surface area contributed by atoms with E-state index in [4.69, 9.17) is 10.2 Å². The molecule has 2 aromatic carbocycles. The molecule has 0 amide bonds. The molecule has 0 bridgehead atoms. The second-order valence-electron chi connectivity index (χ2n) is 10.6. The van der Waals surface area contributed by atoms with E-state index in [9.17, 15) is 14.3 Å². The van der Waals surface area contributed by atoms with Crippen LogP contribution in [0.1, 0.15) is 58.8 Å². The first-order valence-electron chi connectivity index (χ1n) is 14.2. The lowest BCUT2D eigenvalue weighted by Crippen LogP contribution is -2.35. The normalized spacial score (nSPS) is 14.3. The minimum atomic E-state index is -0.963. The molecule has 4 heterocycles. The average Bonchev–Trinajstić information content (AvgIpc) is 3.76. The highest BCUT2D eigenvalue weighted by Crippen LogP contribution is 2.31. The third-order valence-electron chi connectivity index (χ3n) is 7.99. The van der Waals surface area contributed by atoms with Gasteiger partial charge < -0.3 is 14.2 Å². The Morgan fingerprint density at radius 1 is 1.16 bits per heavy atom. The highest BCUT2D eigenvalue weighted by atomic mass is 32.2. The molecular weight excluding hydrogens is 567 g/mol. The fraction of sp³-hybridized carbons (Fsp3) is 0.323. The zero-order chi connectivity index (χ0) is 29.9. The molecule has 1 fully saturated rings. The van der Waals surface area contributed by atoms with Gasteiger partial charge in [-0.15, -0.1) is 11.8 Å². The molecule has 0 saturated carbocycles. The second kappa shape index (κ2) is 12.4.